The van der Waals surface area contributed by atoms with Crippen LogP contribution in [0.2, 0.25) is 0 Å². The number of hydrogen-bond acceptors (Lipinski definition) is 6. The van der Waals surface area contributed by atoms with Crippen molar-refractivity contribution in [3.05, 3.63) is 0 Å². The van der Waals surface area contributed by atoms with E-state index < -0.39 is 0 Å². The largest absolute Gasteiger partial charge is 0.336 e. The highest BCUT2D eigenvalue weighted by Crippen LogP contribution is 2.19. The number of carbonyl (C=O) groups is 2. The Hall–Kier alpha value is -2.30. The van der Waals surface area contributed by atoms with Gasteiger partial charge in [-0.05, 0) is 25.7 Å². The maximum Gasteiger partial charge on any atom is 0.336 e. The zero-order chi connectivity index (χ0) is 19.0. The molecule has 0 saturated carbocycles. The van der Waals surface area contributed by atoms with E-state index in [1.807, 2.05) is 0 Å². The number of aliphatic imine (C=N–C) groups is 2. The summed E-state index contributed by atoms with van der Waals surface area (Å²) in [7, 11) is 0. The van der Waals surface area contributed by atoms with Crippen LogP contribution in [0.1, 0.15) is 64.2 Å². The van der Waals surface area contributed by atoms with E-state index in [2.05, 4.69) is 9.98 Å². The molecule has 0 atom stereocenters. The summed E-state index contributed by atoms with van der Waals surface area (Å²) in [6.07, 6.45) is 12.3. The number of rotatable bonds is 16. The quantitative estimate of drug-likeness (QED) is 0.238. The van der Waals surface area contributed by atoms with E-state index in [-0.39, 0.29) is 12.1 Å². The second-order valence-corrected chi connectivity index (χ2v) is 6.35. The molecule has 0 spiro atoms. The van der Waals surface area contributed by atoms with Crippen molar-refractivity contribution >= 4 is 24.2 Å². The van der Waals surface area contributed by atoms with Gasteiger partial charge in [0.25, 0.3) is 0 Å². The van der Waals surface area contributed by atoms with Crippen LogP contribution in [0.4, 0.5) is 9.59 Å². The number of urea groups is 2. The molecule has 1 aliphatic rings. The summed E-state index contributed by atoms with van der Waals surface area (Å²) in [5.74, 6) is 0. The van der Waals surface area contributed by atoms with Gasteiger partial charge < -0.3 is 0 Å². The molecule has 26 heavy (non-hydrogen) atoms. The SMILES string of the molecule is O=C=NCCCCCCCCN1C(=O)N(CCCCCCN=C=O)C1=O. The van der Waals surface area contributed by atoms with Gasteiger partial charge in [-0.25, -0.2) is 39.0 Å². The van der Waals surface area contributed by atoms with Gasteiger partial charge in [0.15, 0.2) is 0 Å². The Morgan fingerprint density at radius 2 is 0.923 bits per heavy atom. The topological polar surface area (TPSA) is 99.5 Å². The number of carbonyl (C=O) groups excluding carboxylic acids is 4. The number of isocyanates is 2. The molecule has 0 aliphatic carbocycles. The van der Waals surface area contributed by atoms with Crippen LogP contribution in [0, 0.1) is 0 Å². The molecule has 0 aromatic rings. The molecule has 0 bridgehead atoms. The summed E-state index contributed by atoms with van der Waals surface area (Å²) in [4.78, 5) is 53.4. The van der Waals surface area contributed by atoms with Gasteiger partial charge in [0.2, 0.25) is 12.2 Å². The molecule has 0 unspecified atom stereocenters. The van der Waals surface area contributed by atoms with Crippen molar-refractivity contribution < 1.29 is 19.2 Å². The van der Waals surface area contributed by atoms with Crippen LogP contribution in [-0.2, 0) is 9.59 Å². The molecule has 1 heterocycles. The van der Waals surface area contributed by atoms with Crippen LogP contribution in [0.25, 0.3) is 0 Å². The Bertz CT molecular complexity index is 523. The van der Waals surface area contributed by atoms with E-state index in [1.54, 1.807) is 0 Å². The number of hydrogen-bond donors (Lipinski definition) is 0. The van der Waals surface area contributed by atoms with E-state index >= 15 is 0 Å². The molecule has 0 aromatic carbocycles. The Kier molecular flexibility index (Phi) is 11.6. The molecular weight excluding hydrogens is 336 g/mol. The molecule has 1 saturated heterocycles. The normalized spacial score (nSPS) is 13.2. The molecule has 4 amide bonds. The Labute approximate surface area is 154 Å². The lowest BCUT2D eigenvalue weighted by molar-refractivity contribution is 0.104. The van der Waals surface area contributed by atoms with E-state index in [1.165, 1.54) is 22.0 Å². The maximum absolute atomic E-state index is 12.0. The lowest BCUT2D eigenvalue weighted by Gasteiger charge is -2.39. The van der Waals surface area contributed by atoms with Gasteiger partial charge in [0.05, 0.1) is 13.1 Å². The Morgan fingerprint density at radius 1 is 0.577 bits per heavy atom. The number of nitrogens with zero attached hydrogens (tertiary/aromatic N) is 4. The van der Waals surface area contributed by atoms with Crippen molar-refractivity contribution in [3.63, 3.8) is 0 Å². The van der Waals surface area contributed by atoms with E-state index in [9.17, 15) is 19.2 Å². The lowest BCUT2D eigenvalue weighted by atomic mass is 10.1. The first-order chi connectivity index (χ1) is 12.7. The van der Waals surface area contributed by atoms with Crippen LogP contribution in [0.15, 0.2) is 9.98 Å². The summed E-state index contributed by atoms with van der Waals surface area (Å²) < 4.78 is 0. The smallest absolute Gasteiger partial charge is 0.247 e. The molecule has 1 aliphatic heterocycles. The summed E-state index contributed by atoms with van der Waals surface area (Å²) in [6.45, 7) is 2.00. The van der Waals surface area contributed by atoms with Crippen LogP contribution < -0.4 is 0 Å². The van der Waals surface area contributed by atoms with E-state index in [4.69, 9.17) is 0 Å². The van der Waals surface area contributed by atoms with Gasteiger partial charge >= 0.3 is 12.1 Å². The third-order valence-corrected chi connectivity index (χ3v) is 4.36. The molecule has 0 aromatic heterocycles. The van der Waals surface area contributed by atoms with Gasteiger partial charge in [-0.2, -0.15) is 0 Å². The minimum absolute atomic E-state index is 0.188. The predicted molar refractivity (Wildman–Crippen MR) is 96.4 cm³/mol. The van der Waals surface area contributed by atoms with Crippen molar-refractivity contribution in [2.24, 2.45) is 9.98 Å². The second kappa shape index (κ2) is 13.9. The predicted octanol–water partition coefficient (Wildman–Crippen LogP) is 3.42. The van der Waals surface area contributed by atoms with Crippen LogP contribution >= 0.6 is 0 Å². The van der Waals surface area contributed by atoms with Gasteiger partial charge in [0.1, 0.15) is 0 Å². The first-order valence-corrected chi connectivity index (χ1v) is 9.42. The van der Waals surface area contributed by atoms with Crippen molar-refractivity contribution in [2.75, 3.05) is 26.2 Å². The molecule has 144 valence electrons. The molecule has 1 rings (SSSR count). The zero-order valence-corrected chi connectivity index (χ0v) is 15.3. The molecule has 8 nitrogen and oxygen atoms in total. The number of amides is 4. The summed E-state index contributed by atoms with van der Waals surface area (Å²) >= 11 is 0. The van der Waals surface area contributed by atoms with Gasteiger partial charge in [-0.1, -0.05) is 38.5 Å². The summed E-state index contributed by atoms with van der Waals surface area (Å²) in [5.41, 5.74) is 0. The fraction of sp³-hybridized carbons (Fsp3) is 0.778. The minimum Gasteiger partial charge on any atom is -0.247 e. The Morgan fingerprint density at radius 3 is 1.31 bits per heavy atom. The van der Waals surface area contributed by atoms with Crippen molar-refractivity contribution in [1.82, 2.24) is 9.80 Å². The highest BCUT2D eigenvalue weighted by Gasteiger charge is 2.42. The van der Waals surface area contributed by atoms with Crippen molar-refractivity contribution in [3.8, 4) is 0 Å². The van der Waals surface area contributed by atoms with Gasteiger partial charge in [-0.3, -0.25) is 0 Å². The number of imide groups is 2. The third-order valence-electron chi connectivity index (χ3n) is 4.36. The maximum atomic E-state index is 12.0. The monoisotopic (exact) mass is 364 g/mol. The van der Waals surface area contributed by atoms with Crippen molar-refractivity contribution in [1.29, 1.82) is 0 Å². The molecule has 8 heteroatoms. The summed E-state index contributed by atoms with van der Waals surface area (Å²) in [6, 6.07) is -0.375. The summed E-state index contributed by atoms with van der Waals surface area (Å²) in [5, 5.41) is 0. The average molecular weight is 364 g/mol. The van der Waals surface area contributed by atoms with Gasteiger partial charge in [0, 0.05) is 13.1 Å². The molecule has 1 fully saturated rings. The zero-order valence-electron chi connectivity index (χ0n) is 15.3. The van der Waals surface area contributed by atoms with Gasteiger partial charge in [-0.15, -0.1) is 0 Å². The molecule has 0 N–H and O–H groups in total. The van der Waals surface area contributed by atoms with Crippen LogP contribution in [0.5, 0.6) is 0 Å². The van der Waals surface area contributed by atoms with E-state index in [0.29, 0.717) is 26.2 Å². The fourth-order valence-electron chi connectivity index (χ4n) is 2.87. The molecular formula is C18H28N4O4. The third kappa shape index (κ3) is 8.19. The second-order valence-electron chi connectivity index (χ2n) is 6.35. The highest BCUT2D eigenvalue weighted by molar-refractivity contribution is 6.11. The highest BCUT2D eigenvalue weighted by atomic mass is 16.2. The van der Waals surface area contributed by atoms with Crippen molar-refractivity contribution in [2.45, 2.75) is 64.2 Å². The standard InChI is InChI=1S/C18H28N4O4/c23-15-19-11-7-3-1-2-5-9-13-21-17(25)22(18(21)26)14-10-6-4-8-12-20-16-24/h1-14H2. The minimum atomic E-state index is -0.188. The molecule has 0 radical (unpaired) electrons. The van der Waals surface area contributed by atoms with E-state index in [0.717, 1.165) is 64.2 Å². The average Bonchev–Trinajstić information content (AvgIpc) is 2.65. The fourth-order valence-corrected chi connectivity index (χ4v) is 2.87. The first-order valence-electron chi connectivity index (χ1n) is 9.42. The first kappa shape index (κ1) is 21.7. The van der Waals surface area contributed by atoms with Crippen LogP contribution in [-0.4, -0.2) is 60.2 Å². The lowest BCUT2D eigenvalue weighted by Crippen LogP contribution is -2.64. The van der Waals surface area contributed by atoms with Crippen LogP contribution in [0.3, 0.4) is 0 Å². The Balaban J connectivity index is 2.00. The number of unbranched alkanes of at least 4 members (excludes halogenated alkanes) is 8.